The molecule has 0 saturated carbocycles. The molecule has 0 fully saturated rings. The Kier molecular flexibility index (Phi) is 3.51. The second-order valence-electron chi connectivity index (χ2n) is 4.98. The van der Waals surface area contributed by atoms with Gasteiger partial charge in [-0.2, -0.15) is 4.98 Å². The van der Waals surface area contributed by atoms with Gasteiger partial charge in [-0.1, -0.05) is 23.7 Å². The molecule has 108 valence electrons. The number of pyridine rings is 1. The van der Waals surface area contributed by atoms with E-state index in [0.29, 0.717) is 34.3 Å². The number of anilines is 1. The van der Waals surface area contributed by atoms with Crippen LogP contribution in [0.3, 0.4) is 0 Å². The summed E-state index contributed by atoms with van der Waals surface area (Å²) >= 11 is 5.91. The van der Waals surface area contributed by atoms with Crippen molar-refractivity contribution in [1.82, 2.24) is 14.6 Å². The van der Waals surface area contributed by atoms with Crippen molar-refractivity contribution < 1.29 is 4.39 Å². The first-order chi connectivity index (χ1) is 10.0. The van der Waals surface area contributed by atoms with Crippen LogP contribution in [0.1, 0.15) is 16.7 Å². The van der Waals surface area contributed by atoms with E-state index in [4.69, 9.17) is 11.6 Å². The monoisotopic (exact) mass is 304 g/mol. The summed E-state index contributed by atoms with van der Waals surface area (Å²) in [5.74, 6) is 0.358. The number of benzene rings is 1. The summed E-state index contributed by atoms with van der Waals surface area (Å²) in [5.41, 5.74) is 2.99. The molecule has 21 heavy (non-hydrogen) atoms. The molecule has 1 aromatic carbocycles. The molecule has 1 N–H and O–H groups in total. The highest BCUT2D eigenvalue weighted by atomic mass is 35.5. The average molecular weight is 305 g/mol. The summed E-state index contributed by atoms with van der Waals surface area (Å²) in [7, 11) is 0. The standard InChI is InChI=1S/C15H14ClFN4/c1-9-5-11(6-10(2)14(9)17)7-18-15-19-13-4-3-12(16)8-21(13)20-15/h3-6,8H,7H2,1-2H3,(H,18,20). The van der Waals surface area contributed by atoms with Gasteiger partial charge in [-0.25, -0.2) is 8.91 Å². The van der Waals surface area contributed by atoms with Gasteiger partial charge < -0.3 is 5.32 Å². The second-order valence-corrected chi connectivity index (χ2v) is 5.42. The Hall–Kier alpha value is -2.14. The van der Waals surface area contributed by atoms with Crippen LogP contribution >= 0.6 is 11.6 Å². The fourth-order valence-electron chi connectivity index (χ4n) is 2.25. The van der Waals surface area contributed by atoms with Gasteiger partial charge in [0, 0.05) is 12.7 Å². The summed E-state index contributed by atoms with van der Waals surface area (Å²) in [4.78, 5) is 4.34. The third kappa shape index (κ3) is 2.83. The quantitative estimate of drug-likeness (QED) is 0.801. The topological polar surface area (TPSA) is 42.2 Å². The first kappa shape index (κ1) is 13.8. The molecule has 2 heterocycles. The van der Waals surface area contributed by atoms with E-state index in [2.05, 4.69) is 15.4 Å². The molecule has 0 aliphatic heterocycles. The zero-order chi connectivity index (χ0) is 15.0. The highest BCUT2D eigenvalue weighted by molar-refractivity contribution is 6.30. The maximum absolute atomic E-state index is 13.6. The number of nitrogens with zero attached hydrogens (tertiary/aromatic N) is 3. The summed E-state index contributed by atoms with van der Waals surface area (Å²) in [6, 6.07) is 7.21. The van der Waals surface area contributed by atoms with Crippen molar-refractivity contribution in [3.63, 3.8) is 0 Å². The van der Waals surface area contributed by atoms with Gasteiger partial charge in [-0.3, -0.25) is 0 Å². The Morgan fingerprint density at radius 3 is 2.67 bits per heavy atom. The molecule has 0 radical (unpaired) electrons. The first-order valence-electron chi connectivity index (χ1n) is 6.54. The van der Waals surface area contributed by atoms with Gasteiger partial charge in [0.15, 0.2) is 5.65 Å². The molecule has 4 nitrogen and oxygen atoms in total. The normalized spacial score (nSPS) is 11.0. The van der Waals surface area contributed by atoms with Gasteiger partial charge in [0.05, 0.1) is 5.02 Å². The molecule has 0 aliphatic carbocycles. The third-order valence-electron chi connectivity index (χ3n) is 3.24. The predicted octanol–water partition coefficient (Wildman–Crippen LogP) is 3.75. The summed E-state index contributed by atoms with van der Waals surface area (Å²) in [5, 5.41) is 8.02. The summed E-state index contributed by atoms with van der Waals surface area (Å²) < 4.78 is 15.2. The van der Waals surface area contributed by atoms with Crippen molar-refractivity contribution in [2.45, 2.75) is 20.4 Å². The van der Waals surface area contributed by atoms with Crippen molar-refractivity contribution >= 4 is 23.2 Å². The van der Waals surface area contributed by atoms with E-state index in [1.165, 1.54) is 0 Å². The molecular formula is C15H14ClFN4. The smallest absolute Gasteiger partial charge is 0.243 e. The number of nitrogens with one attached hydrogen (secondary N) is 1. The Bertz CT molecular complexity index is 790. The van der Waals surface area contributed by atoms with Crippen LogP contribution in [0.4, 0.5) is 10.3 Å². The number of aryl methyl sites for hydroxylation is 2. The minimum absolute atomic E-state index is 0.153. The van der Waals surface area contributed by atoms with Crippen LogP contribution in [0.15, 0.2) is 30.5 Å². The van der Waals surface area contributed by atoms with Crippen molar-refractivity contribution in [3.05, 3.63) is 58.0 Å². The second kappa shape index (κ2) is 5.33. The SMILES string of the molecule is Cc1cc(CNc2nc3ccc(Cl)cn3n2)cc(C)c1F. The van der Waals surface area contributed by atoms with E-state index >= 15 is 0 Å². The highest BCUT2D eigenvalue weighted by Crippen LogP contribution is 2.16. The van der Waals surface area contributed by atoms with E-state index in [1.807, 2.05) is 12.1 Å². The number of halogens is 2. The number of aromatic nitrogens is 3. The molecule has 0 unspecified atom stereocenters. The molecule has 2 aromatic heterocycles. The van der Waals surface area contributed by atoms with Crippen LogP contribution in [0.5, 0.6) is 0 Å². The van der Waals surface area contributed by atoms with E-state index in [0.717, 1.165) is 5.56 Å². The molecule has 3 aromatic rings. The van der Waals surface area contributed by atoms with E-state index in [1.54, 1.807) is 36.7 Å². The van der Waals surface area contributed by atoms with Crippen molar-refractivity contribution in [2.75, 3.05) is 5.32 Å². The lowest BCUT2D eigenvalue weighted by atomic mass is 10.1. The maximum atomic E-state index is 13.6. The zero-order valence-electron chi connectivity index (χ0n) is 11.7. The lowest BCUT2D eigenvalue weighted by molar-refractivity contribution is 0.608. The maximum Gasteiger partial charge on any atom is 0.243 e. The first-order valence-corrected chi connectivity index (χ1v) is 6.92. The predicted molar refractivity (Wildman–Crippen MR) is 81.2 cm³/mol. The molecule has 0 bridgehead atoms. The van der Waals surface area contributed by atoms with Crippen LogP contribution < -0.4 is 5.32 Å². The van der Waals surface area contributed by atoms with Gasteiger partial charge >= 0.3 is 0 Å². The lowest BCUT2D eigenvalue weighted by Gasteiger charge is -2.07. The Morgan fingerprint density at radius 2 is 1.95 bits per heavy atom. The average Bonchev–Trinajstić information content (AvgIpc) is 2.84. The molecule has 0 atom stereocenters. The summed E-state index contributed by atoms with van der Waals surface area (Å²) in [6.45, 7) is 4.06. The van der Waals surface area contributed by atoms with Gasteiger partial charge in [0.25, 0.3) is 0 Å². The van der Waals surface area contributed by atoms with Gasteiger partial charge in [0.1, 0.15) is 5.82 Å². The van der Waals surface area contributed by atoms with Gasteiger partial charge in [-0.15, -0.1) is 5.10 Å². The van der Waals surface area contributed by atoms with Crippen molar-refractivity contribution in [1.29, 1.82) is 0 Å². The van der Waals surface area contributed by atoms with Crippen LogP contribution in [-0.4, -0.2) is 14.6 Å². The summed E-state index contributed by atoms with van der Waals surface area (Å²) in [6.07, 6.45) is 1.70. The van der Waals surface area contributed by atoms with Crippen LogP contribution in [0.25, 0.3) is 5.65 Å². The largest absolute Gasteiger partial charge is 0.349 e. The molecule has 0 aliphatic rings. The van der Waals surface area contributed by atoms with E-state index in [-0.39, 0.29) is 5.82 Å². The van der Waals surface area contributed by atoms with Crippen LogP contribution in [0, 0.1) is 19.7 Å². The van der Waals surface area contributed by atoms with E-state index in [9.17, 15) is 4.39 Å². The minimum Gasteiger partial charge on any atom is -0.349 e. The van der Waals surface area contributed by atoms with Crippen LogP contribution in [0.2, 0.25) is 5.02 Å². The van der Waals surface area contributed by atoms with Gasteiger partial charge in [0.2, 0.25) is 5.95 Å². The Morgan fingerprint density at radius 1 is 1.24 bits per heavy atom. The number of rotatable bonds is 3. The molecular weight excluding hydrogens is 291 g/mol. The van der Waals surface area contributed by atoms with E-state index < -0.39 is 0 Å². The van der Waals surface area contributed by atoms with Crippen molar-refractivity contribution in [2.24, 2.45) is 0 Å². The molecule has 6 heteroatoms. The number of fused-ring (bicyclic) bond motifs is 1. The van der Waals surface area contributed by atoms with Crippen molar-refractivity contribution in [3.8, 4) is 0 Å². The van der Waals surface area contributed by atoms with Crippen LogP contribution in [-0.2, 0) is 6.54 Å². The zero-order valence-corrected chi connectivity index (χ0v) is 12.4. The fourth-order valence-corrected chi connectivity index (χ4v) is 2.41. The highest BCUT2D eigenvalue weighted by Gasteiger charge is 2.06. The number of hydrogen-bond acceptors (Lipinski definition) is 3. The molecule has 0 amide bonds. The number of hydrogen-bond donors (Lipinski definition) is 1. The Balaban J connectivity index is 1.80. The Labute approximate surface area is 126 Å². The molecule has 0 saturated heterocycles. The molecule has 0 spiro atoms. The van der Waals surface area contributed by atoms with Gasteiger partial charge in [-0.05, 0) is 42.7 Å². The minimum atomic E-state index is -0.153. The fraction of sp³-hybridized carbons (Fsp3) is 0.200. The third-order valence-corrected chi connectivity index (χ3v) is 3.47. The molecule has 3 rings (SSSR count). The lowest BCUT2D eigenvalue weighted by Crippen LogP contribution is -2.03.